The lowest BCUT2D eigenvalue weighted by atomic mass is 10.2. The Morgan fingerprint density at radius 2 is 2.08 bits per heavy atom. The highest BCUT2D eigenvalue weighted by atomic mass is 15.0. The molecule has 0 N–H and O–H groups in total. The van der Waals surface area contributed by atoms with Crippen LogP contribution in [0.25, 0.3) is 12.2 Å². The second kappa shape index (κ2) is 3.41. The smallest absolute Gasteiger partial charge is 0.0438 e. The number of fused-ring (bicyclic) bond motifs is 1. The summed E-state index contributed by atoms with van der Waals surface area (Å²) in [6.07, 6.45) is 8.37. The van der Waals surface area contributed by atoms with Crippen LogP contribution in [0.1, 0.15) is 31.9 Å². The Morgan fingerprint density at radius 1 is 1.31 bits per heavy atom. The standard InChI is InChI=1S/C12H17N/c1-3-8-13-10(2)9-11-6-4-5-7-12(11)13/h6-7,9H,3-5,8H2,1-2H3. The van der Waals surface area contributed by atoms with E-state index in [2.05, 4.69) is 36.6 Å². The summed E-state index contributed by atoms with van der Waals surface area (Å²) in [4.78, 5) is 0. The lowest BCUT2D eigenvalue weighted by Gasteiger charge is -2.05. The number of rotatable bonds is 2. The molecule has 1 heteroatoms. The number of aromatic nitrogens is 1. The van der Waals surface area contributed by atoms with E-state index in [1.165, 1.54) is 35.5 Å². The number of nitrogens with zero attached hydrogens (tertiary/aromatic N) is 1. The van der Waals surface area contributed by atoms with Crippen molar-refractivity contribution in [2.45, 2.75) is 39.7 Å². The molecule has 0 radical (unpaired) electrons. The molecule has 0 atom stereocenters. The Kier molecular flexibility index (Phi) is 2.26. The topological polar surface area (TPSA) is 4.93 Å². The first kappa shape index (κ1) is 8.61. The predicted molar refractivity (Wildman–Crippen MR) is 56.9 cm³/mol. The molecule has 0 spiro atoms. The minimum atomic E-state index is 1.16. The van der Waals surface area contributed by atoms with Crippen LogP contribution in [0.15, 0.2) is 6.07 Å². The zero-order valence-electron chi connectivity index (χ0n) is 8.51. The van der Waals surface area contributed by atoms with Crippen molar-refractivity contribution in [1.82, 2.24) is 4.57 Å². The van der Waals surface area contributed by atoms with Gasteiger partial charge in [-0.25, -0.2) is 0 Å². The van der Waals surface area contributed by atoms with Crippen LogP contribution in [0.2, 0.25) is 0 Å². The second-order valence-electron chi connectivity index (χ2n) is 3.76. The van der Waals surface area contributed by atoms with Gasteiger partial charge in [0.15, 0.2) is 0 Å². The lowest BCUT2D eigenvalue weighted by molar-refractivity contribution is 0.647. The average molecular weight is 175 g/mol. The van der Waals surface area contributed by atoms with Gasteiger partial charge in [0.05, 0.1) is 0 Å². The molecular weight excluding hydrogens is 158 g/mol. The average Bonchev–Trinajstić information content (AvgIpc) is 2.44. The molecule has 2 rings (SSSR count). The molecule has 1 aliphatic carbocycles. The Morgan fingerprint density at radius 3 is 2.85 bits per heavy atom. The molecule has 0 unspecified atom stereocenters. The van der Waals surface area contributed by atoms with Crippen LogP contribution >= 0.6 is 0 Å². The van der Waals surface area contributed by atoms with E-state index in [0.717, 1.165) is 6.54 Å². The molecule has 1 aromatic heterocycles. The summed E-state index contributed by atoms with van der Waals surface area (Å²) < 4.78 is 2.44. The first-order valence-corrected chi connectivity index (χ1v) is 5.19. The van der Waals surface area contributed by atoms with E-state index >= 15 is 0 Å². The van der Waals surface area contributed by atoms with Gasteiger partial charge in [0.2, 0.25) is 0 Å². The molecule has 0 aliphatic heterocycles. The summed E-state index contributed by atoms with van der Waals surface area (Å²) in [5.41, 5.74) is 1.40. The van der Waals surface area contributed by atoms with Crippen LogP contribution in [-0.4, -0.2) is 4.57 Å². The van der Waals surface area contributed by atoms with Gasteiger partial charge in [-0.05, 0) is 37.5 Å². The summed E-state index contributed by atoms with van der Waals surface area (Å²) >= 11 is 0. The minimum Gasteiger partial charge on any atom is -0.345 e. The Balaban J connectivity index is 2.62. The summed E-state index contributed by atoms with van der Waals surface area (Å²) in [6.45, 7) is 5.60. The maximum absolute atomic E-state index is 2.44. The quantitative estimate of drug-likeness (QED) is 0.643. The van der Waals surface area contributed by atoms with Gasteiger partial charge >= 0.3 is 0 Å². The van der Waals surface area contributed by atoms with Crippen LogP contribution in [0.3, 0.4) is 0 Å². The third kappa shape index (κ3) is 1.43. The fraction of sp³-hybridized carbons (Fsp3) is 0.500. The molecule has 0 saturated heterocycles. The summed E-state index contributed by atoms with van der Waals surface area (Å²) in [6, 6.07) is 2.31. The highest BCUT2D eigenvalue weighted by Gasteiger charge is 2.02. The van der Waals surface area contributed by atoms with Crippen LogP contribution in [0.4, 0.5) is 0 Å². The Labute approximate surface area is 79.4 Å². The summed E-state index contributed by atoms with van der Waals surface area (Å²) in [5, 5.41) is 2.89. The van der Waals surface area contributed by atoms with Crippen LogP contribution in [-0.2, 0) is 6.54 Å². The molecule has 0 fully saturated rings. The van der Waals surface area contributed by atoms with Gasteiger partial charge in [0.25, 0.3) is 0 Å². The van der Waals surface area contributed by atoms with Crippen molar-refractivity contribution in [1.29, 1.82) is 0 Å². The zero-order valence-corrected chi connectivity index (χ0v) is 8.51. The van der Waals surface area contributed by atoms with E-state index < -0.39 is 0 Å². The molecule has 13 heavy (non-hydrogen) atoms. The van der Waals surface area contributed by atoms with E-state index in [9.17, 15) is 0 Å². The monoisotopic (exact) mass is 175 g/mol. The highest BCUT2D eigenvalue weighted by molar-refractivity contribution is 5.37. The van der Waals surface area contributed by atoms with Crippen molar-refractivity contribution in [3.63, 3.8) is 0 Å². The molecule has 1 aliphatic rings. The fourth-order valence-electron chi connectivity index (χ4n) is 2.09. The largest absolute Gasteiger partial charge is 0.345 e. The van der Waals surface area contributed by atoms with Crippen molar-refractivity contribution in [2.75, 3.05) is 0 Å². The third-order valence-electron chi connectivity index (χ3n) is 2.69. The molecule has 0 saturated carbocycles. The molecule has 1 aromatic rings. The van der Waals surface area contributed by atoms with E-state index in [-0.39, 0.29) is 0 Å². The van der Waals surface area contributed by atoms with Gasteiger partial charge in [0, 0.05) is 17.6 Å². The van der Waals surface area contributed by atoms with Gasteiger partial charge in [-0.15, -0.1) is 0 Å². The first-order chi connectivity index (χ1) is 6.33. The molecule has 0 aromatic carbocycles. The van der Waals surface area contributed by atoms with Gasteiger partial charge in [0.1, 0.15) is 0 Å². The van der Waals surface area contributed by atoms with Crippen molar-refractivity contribution in [3.8, 4) is 0 Å². The molecule has 0 amide bonds. The number of hydrogen-bond acceptors (Lipinski definition) is 0. The molecule has 70 valence electrons. The van der Waals surface area contributed by atoms with Crippen molar-refractivity contribution in [2.24, 2.45) is 0 Å². The molecular formula is C12H17N. The first-order valence-electron chi connectivity index (χ1n) is 5.19. The molecule has 1 nitrogen and oxygen atoms in total. The van der Waals surface area contributed by atoms with E-state index in [1.54, 1.807) is 0 Å². The van der Waals surface area contributed by atoms with Crippen molar-refractivity contribution in [3.05, 3.63) is 22.3 Å². The molecule has 1 heterocycles. The molecule has 0 bridgehead atoms. The SMILES string of the molecule is CCCn1c(C)cc2c1=CCCC=2. The zero-order chi connectivity index (χ0) is 9.26. The number of hydrogen-bond donors (Lipinski definition) is 0. The van der Waals surface area contributed by atoms with E-state index in [4.69, 9.17) is 0 Å². The number of aryl methyl sites for hydroxylation is 1. The van der Waals surface area contributed by atoms with Gasteiger partial charge < -0.3 is 4.57 Å². The van der Waals surface area contributed by atoms with E-state index in [1.807, 2.05) is 0 Å². The second-order valence-corrected chi connectivity index (χ2v) is 3.76. The Hall–Kier alpha value is -0.980. The van der Waals surface area contributed by atoms with Crippen LogP contribution in [0.5, 0.6) is 0 Å². The van der Waals surface area contributed by atoms with Gasteiger partial charge in [-0.3, -0.25) is 0 Å². The van der Waals surface area contributed by atoms with Crippen molar-refractivity contribution < 1.29 is 0 Å². The Bertz CT molecular complexity index is 409. The fourth-order valence-corrected chi connectivity index (χ4v) is 2.09. The summed E-state index contributed by atoms with van der Waals surface area (Å²) in [7, 11) is 0. The van der Waals surface area contributed by atoms with Gasteiger partial charge in [-0.1, -0.05) is 19.1 Å². The predicted octanol–water partition coefficient (Wildman–Crippen LogP) is 1.56. The normalized spacial score (nSPS) is 14.6. The van der Waals surface area contributed by atoms with E-state index in [0.29, 0.717) is 0 Å². The maximum Gasteiger partial charge on any atom is 0.0438 e. The minimum absolute atomic E-state index is 1.16. The van der Waals surface area contributed by atoms with Gasteiger partial charge in [-0.2, -0.15) is 0 Å². The maximum atomic E-state index is 2.44. The highest BCUT2D eigenvalue weighted by Crippen LogP contribution is 1.99. The third-order valence-corrected chi connectivity index (χ3v) is 2.69. The van der Waals surface area contributed by atoms with Crippen LogP contribution in [0, 0.1) is 6.92 Å². The van der Waals surface area contributed by atoms with Crippen molar-refractivity contribution >= 4 is 12.2 Å². The lowest BCUT2D eigenvalue weighted by Crippen LogP contribution is -2.30. The van der Waals surface area contributed by atoms with Crippen LogP contribution < -0.4 is 10.6 Å². The summed E-state index contributed by atoms with van der Waals surface area (Å²) in [5.74, 6) is 0.